The molecule has 1 aromatic heterocycles. The van der Waals surface area contributed by atoms with Crippen LogP contribution in [0.5, 0.6) is 0 Å². The summed E-state index contributed by atoms with van der Waals surface area (Å²) in [5.74, 6) is 1.73. The van der Waals surface area contributed by atoms with E-state index < -0.39 is 0 Å². The molecule has 1 saturated heterocycles. The zero-order valence-electron chi connectivity index (χ0n) is 13.6. The molecule has 0 saturated carbocycles. The van der Waals surface area contributed by atoms with E-state index in [1.807, 2.05) is 6.92 Å². The maximum Gasteiger partial charge on any atom is 0.220 e. The largest absolute Gasteiger partial charge is 0.361 e. The number of aromatic nitrogens is 1. The highest BCUT2D eigenvalue weighted by molar-refractivity contribution is 5.85. The fourth-order valence-electron chi connectivity index (χ4n) is 2.92. The first-order valence-corrected chi connectivity index (χ1v) is 8.18. The van der Waals surface area contributed by atoms with Crippen molar-refractivity contribution < 1.29 is 9.32 Å². The van der Waals surface area contributed by atoms with E-state index in [1.54, 1.807) is 0 Å². The topological polar surface area (TPSA) is 67.2 Å². The van der Waals surface area contributed by atoms with Gasteiger partial charge in [-0.15, -0.1) is 12.4 Å². The second kappa shape index (κ2) is 9.85. The monoisotopic (exact) mass is 329 g/mol. The molecule has 0 radical (unpaired) electrons. The summed E-state index contributed by atoms with van der Waals surface area (Å²) in [6.45, 7) is 6.82. The molecule has 0 aliphatic carbocycles. The van der Waals surface area contributed by atoms with Crippen molar-refractivity contribution in [3.05, 3.63) is 17.0 Å². The predicted octanol–water partition coefficient (Wildman–Crippen LogP) is 2.62. The van der Waals surface area contributed by atoms with Gasteiger partial charge in [-0.25, -0.2) is 0 Å². The maximum absolute atomic E-state index is 12.0. The summed E-state index contributed by atoms with van der Waals surface area (Å²) in [4.78, 5) is 12.0. The van der Waals surface area contributed by atoms with Gasteiger partial charge in [0.1, 0.15) is 5.76 Å². The number of hydrogen-bond donors (Lipinski definition) is 2. The minimum Gasteiger partial charge on any atom is -0.361 e. The van der Waals surface area contributed by atoms with Crippen molar-refractivity contribution in [3.8, 4) is 0 Å². The summed E-state index contributed by atoms with van der Waals surface area (Å²) in [6, 6.07) is 0. The Kier molecular flexibility index (Phi) is 8.49. The first kappa shape index (κ1) is 19.0. The lowest BCUT2D eigenvalue weighted by Gasteiger charge is -2.22. The third-order valence-corrected chi connectivity index (χ3v) is 4.31. The quantitative estimate of drug-likeness (QED) is 0.807. The lowest BCUT2D eigenvalue weighted by atomic mass is 9.93. The molecule has 0 atom stereocenters. The number of nitrogens with one attached hydrogen (secondary N) is 2. The Bertz CT molecular complexity index is 435. The molecule has 1 aliphatic rings. The fraction of sp³-hybridized carbons (Fsp3) is 0.750. The van der Waals surface area contributed by atoms with Crippen LogP contribution in [0.3, 0.4) is 0 Å². The van der Waals surface area contributed by atoms with E-state index in [9.17, 15) is 4.79 Å². The zero-order chi connectivity index (χ0) is 15.1. The van der Waals surface area contributed by atoms with Crippen molar-refractivity contribution in [3.63, 3.8) is 0 Å². The normalized spacial score (nSPS) is 15.4. The van der Waals surface area contributed by atoms with Gasteiger partial charge in [0.15, 0.2) is 0 Å². The van der Waals surface area contributed by atoms with Crippen LogP contribution < -0.4 is 10.6 Å². The van der Waals surface area contributed by atoms with Crippen LogP contribution in [0.1, 0.15) is 56.5 Å². The number of piperidine rings is 1. The van der Waals surface area contributed by atoms with Gasteiger partial charge >= 0.3 is 0 Å². The Morgan fingerprint density at radius 2 is 2.05 bits per heavy atom. The van der Waals surface area contributed by atoms with Gasteiger partial charge < -0.3 is 15.2 Å². The highest BCUT2D eigenvalue weighted by Gasteiger charge is 2.16. The molecule has 126 valence electrons. The highest BCUT2D eigenvalue weighted by atomic mass is 35.5. The van der Waals surface area contributed by atoms with Crippen LogP contribution in [0.25, 0.3) is 0 Å². The number of halogens is 1. The van der Waals surface area contributed by atoms with E-state index >= 15 is 0 Å². The minimum absolute atomic E-state index is 0. The molecular weight excluding hydrogens is 302 g/mol. The van der Waals surface area contributed by atoms with E-state index in [4.69, 9.17) is 4.52 Å². The van der Waals surface area contributed by atoms with E-state index in [1.165, 1.54) is 12.8 Å². The van der Waals surface area contributed by atoms with E-state index in [0.29, 0.717) is 18.9 Å². The molecule has 1 fully saturated rings. The molecule has 0 aromatic carbocycles. The van der Waals surface area contributed by atoms with E-state index in [0.717, 1.165) is 49.4 Å². The van der Waals surface area contributed by atoms with Gasteiger partial charge in [-0.1, -0.05) is 19.0 Å². The molecule has 5 nitrogen and oxygen atoms in total. The Morgan fingerprint density at radius 3 is 2.68 bits per heavy atom. The average Bonchev–Trinajstić information content (AvgIpc) is 2.93. The summed E-state index contributed by atoms with van der Waals surface area (Å²) in [5.41, 5.74) is 2.03. The summed E-state index contributed by atoms with van der Waals surface area (Å²) in [6.07, 6.45) is 5.66. The second-order valence-corrected chi connectivity index (χ2v) is 5.75. The van der Waals surface area contributed by atoms with Gasteiger partial charge in [-0.05, 0) is 44.7 Å². The zero-order valence-corrected chi connectivity index (χ0v) is 14.4. The molecule has 2 N–H and O–H groups in total. The first-order chi connectivity index (χ1) is 10.2. The van der Waals surface area contributed by atoms with Gasteiger partial charge in [0.2, 0.25) is 5.91 Å². The van der Waals surface area contributed by atoms with Crippen LogP contribution in [-0.4, -0.2) is 24.2 Å². The predicted molar refractivity (Wildman–Crippen MR) is 89.2 cm³/mol. The molecule has 2 heterocycles. The maximum atomic E-state index is 12.0. The van der Waals surface area contributed by atoms with Crippen LogP contribution in [0.4, 0.5) is 0 Å². The lowest BCUT2D eigenvalue weighted by molar-refractivity contribution is -0.121. The number of hydrogen-bond acceptors (Lipinski definition) is 4. The van der Waals surface area contributed by atoms with E-state index in [2.05, 4.69) is 22.7 Å². The SMILES string of the molecule is CCc1noc(CC)c1CNC(=O)CCC1CCNCC1.Cl. The van der Waals surface area contributed by atoms with Gasteiger partial charge in [0, 0.05) is 24.9 Å². The number of aryl methyl sites for hydroxylation is 2. The molecular formula is C16H28ClN3O2. The van der Waals surface area contributed by atoms with Crippen LogP contribution in [0.2, 0.25) is 0 Å². The molecule has 0 bridgehead atoms. The van der Waals surface area contributed by atoms with Crippen LogP contribution >= 0.6 is 12.4 Å². The number of amides is 1. The van der Waals surface area contributed by atoms with Crippen molar-refractivity contribution in [2.75, 3.05) is 13.1 Å². The van der Waals surface area contributed by atoms with Gasteiger partial charge in [0.05, 0.1) is 5.69 Å². The first-order valence-electron chi connectivity index (χ1n) is 8.18. The van der Waals surface area contributed by atoms with Crippen LogP contribution in [-0.2, 0) is 24.2 Å². The molecule has 22 heavy (non-hydrogen) atoms. The summed E-state index contributed by atoms with van der Waals surface area (Å²) >= 11 is 0. The molecule has 1 amide bonds. The van der Waals surface area contributed by atoms with Crippen molar-refractivity contribution in [2.45, 2.75) is 58.9 Å². The van der Waals surface area contributed by atoms with Gasteiger partial charge in [-0.2, -0.15) is 0 Å². The number of carbonyl (C=O) groups is 1. The van der Waals surface area contributed by atoms with Crippen LogP contribution in [0.15, 0.2) is 4.52 Å². The number of carbonyl (C=O) groups excluding carboxylic acids is 1. The van der Waals surface area contributed by atoms with Gasteiger partial charge in [0.25, 0.3) is 0 Å². The Balaban J connectivity index is 0.00000242. The van der Waals surface area contributed by atoms with Crippen molar-refractivity contribution in [2.24, 2.45) is 5.92 Å². The lowest BCUT2D eigenvalue weighted by Crippen LogP contribution is -2.29. The number of nitrogens with zero attached hydrogens (tertiary/aromatic N) is 1. The molecule has 1 aliphatic heterocycles. The highest BCUT2D eigenvalue weighted by Crippen LogP contribution is 2.18. The fourth-order valence-corrected chi connectivity index (χ4v) is 2.92. The van der Waals surface area contributed by atoms with Crippen LogP contribution in [0, 0.1) is 5.92 Å². The summed E-state index contributed by atoms with van der Waals surface area (Å²) in [5, 5.41) is 10.4. The smallest absolute Gasteiger partial charge is 0.220 e. The summed E-state index contributed by atoms with van der Waals surface area (Å²) < 4.78 is 5.32. The molecule has 1 aromatic rings. The molecule has 2 rings (SSSR count). The standard InChI is InChI=1S/C16H27N3O2.ClH/c1-3-14-13(15(4-2)21-19-14)11-18-16(20)6-5-12-7-9-17-10-8-12;/h12,17H,3-11H2,1-2H3,(H,18,20);1H. The molecule has 6 heteroatoms. The third-order valence-electron chi connectivity index (χ3n) is 4.31. The minimum atomic E-state index is 0. The van der Waals surface area contributed by atoms with Crippen molar-refractivity contribution in [1.29, 1.82) is 0 Å². The Hall–Kier alpha value is -1.07. The van der Waals surface area contributed by atoms with Crippen molar-refractivity contribution >= 4 is 18.3 Å². The summed E-state index contributed by atoms with van der Waals surface area (Å²) in [7, 11) is 0. The average molecular weight is 330 g/mol. The third kappa shape index (κ3) is 5.29. The van der Waals surface area contributed by atoms with Gasteiger partial charge in [-0.3, -0.25) is 4.79 Å². The van der Waals surface area contributed by atoms with E-state index in [-0.39, 0.29) is 18.3 Å². The molecule has 0 spiro atoms. The second-order valence-electron chi connectivity index (χ2n) is 5.75. The molecule has 0 unspecified atom stereocenters. The Morgan fingerprint density at radius 1 is 1.32 bits per heavy atom. The number of rotatable bonds is 7. The Labute approximate surface area is 139 Å². The van der Waals surface area contributed by atoms with Crippen molar-refractivity contribution in [1.82, 2.24) is 15.8 Å².